The van der Waals surface area contributed by atoms with Crippen LogP contribution in [-0.4, -0.2) is 15.3 Å². The quantitative estimate of drug-likeness (QED) is 0.864. The van der Waals surface area contributed by atoms with E-state index in [2.05, 4.69) is 4.98 Å². The second kappa shape index (κ2) is 4.18. The summed E-state index contributed by atoms with van der Waals surface area (Å²) in [7, 11) is 0. The number of ketones is 1. The number of carbonyl (C=O) groups is 1. The molecule has 5 nitrogen and oxygen atoms in total. The summed E-state index contributed by atoms with van der Waals surface area (Å²) >= 11 is 5.87. The Morgan fingerprint density at radius 2 is 2.12 bits per heavy atom. The third kappa shape index (κ3) is 2.01. The highest BCUT2D eigenvalue weighted by molar-refractivity contribution is 6.34. The van der Waals surface area contributed by atoms with Crippen LogP contribution in [-0.2, 0) is 11.3 Å². The molecule has 88 valence electrons. The second-order valence-electron chi connectivity index (χ2n) is 3.69. The number of hydrogen-bond donors (Lipinski definition) is 1. The number of aromatic nitrogens is 2. The number of nitrogens with one attached hydrogen (secondary N) is 1. The number of rotatable bonds is 2. The van der Waals surface area contributed by atoms with E-state index in [-0.39, 0.29) is 12.3 Å². The zero-order chi connectivity index (χ0) is 12.6. The van der Waals surface area contributed by atoms with Gasteiger partial charge < -0.3 is 4.98 Å². The largest absolute Gasteiger partial charge is 0.329 e. The lowest BCUT2D eigenvalue weighted by atomic mass is 10.2. The van der Waals surface area contributed by atoms with Crippen LogP contribution < -0.4 is 11.2 Å². The highest BCUT2D eigenvalue weighted by atomic mass is 35.5. The minimum atomic E-state index is -0.634. The number of H-pyrrole nitrogens is 1. The topological polar surface area (TPSA) is 71.9 Å². The number of benzene rings is 1. The summed E-state index contributed by atoms with van der Waals surface area (Å²) in [5.74, 6) is -0.265. The summed E-state index contributed by atoms with van der Waals surface area (Å²) in [4.78, 5) is 37.1. The zero-order valence-corrected chi connectivity index (χ0v) is 9.75. The van der Waals surface area contributed by atoms with Gasteiger partial charge in [-0.25, -0.2) is 4.79 Å². The van der Waals surface area contributed by atoms with Crippen molar-refractivity contribution in [3.05, 3.63) is 44.1 Å². The summed E-state index contributed by atoms with van der Waals surface area (Å²) in [6.45, 7) is 1.07. The molecule has 0 atom stereocenters. The molecule has 1 aromatic carbocycles. The molecule has 0 amide bonds. The fourth-order valence-electron chi connectivity index (χ4n) is 1.61. The van der Waals surface area contributed by atoms with Crippen molar-refractivity contribution in [1.82, 2.24) is 9.55 Å². The Balaban J connectivity index is 2.86. The number of halogens is 1. The van der Waals surface area contributed by atoms with Crippen molar-refractivity contribution >= 4 is 28.3 Å². The molecule has 1 aromatic heterocycles. The number of hydrogen-bond acceptors (Lipinski definition) is 3. The standard InChI is InChI=1S/C11H9ClN2O3/c1-6(15)5-14-10(16)7-3-2-4-8(12)9(7)13-11(14)17/h2-4H,5H2,1H3,(H,13,17). The van der Waals surface area contributed by atoms with Crippen molar-refractivity contribution in [2.45, 2.75) is 13.5 Å². The Morgan fingerprint density at radius 1 is 1.41 bits per heavy atom. The van der Waals surface area contributed by atoms with Crippen LogP contribution in [0.5, 0.6) is 0 Å². The molecule has 0 bridgehead atoms. The zero-order valence-electron chi connectivity index (χ0n) is 8.99. The third-order valence-corrected chi connectivity index (χ3v) is 2.66. The van der Waals surface area contributed by atoms with Crippen molar-refractivity contribution < 1.29 is 4.79 Å². The SMILES string of the molecule is CC(=O)Cn1c(=O)[nH]c2c(Cl)cccc2c1=O. The Bertz CT molecular complexity index is 715. The van der Waals surface area contributed by atoms with E-state index in [4.69, 9.17) is 11.6 Å². The molecule has 0 saturated heterocycles. The van der Waals surface area contributed by atoms with E-state index in [1.807, 2.05) is 0 Å². The molecule has 0 saturated carbocycles. The summed E-state index contributed by atoms with van der Waals surface area (Å²) in [5, 5.41) is 0.588. The van der Waals surface area contributed by atoms with Crippen LogP contribution >= 0.6 is 11.6 Å². The molecule has 0 aliphatic rings. The van der Waals surface area contributed by atoms with Gasteiger partial charge in [0, 0.05) is 0 Å². The van der Waals surface area contributed by atoms with Gasteiger partial charge in [0.1, 0.15) is 5.78 Å². The van der Waals surface area contributed by atoms with Crippen LogP contribution in [0, 0.1) is 0 Å². The summed E-state index contributed by atoms with van der Waals surface area (Å²) in [5.41, 5.74) is -0.851. The van der Waals surface area contributed by atoms with Crippen molar-refractivity contribution in [3.8, 4) is 0 Å². The van der Waals surface area contributed by atoms with E-state index in [1.54, 1.807) is 18.2 Å². The number of fused-ring (bicyclic) bond motifs is 1. The van der Waals surface area contributed by atoms with Gasteiger partial charge in [-0.05, 0) is 19.1 Å². The lowest BCUT2D eigenvalue weighted by Gasteiger charge is -2.04. The molecular formula is C11H9ClN2O3. The van der Waals surface area contributed by atoms with Crippen LogP contribution in [0.15, 0.2) is 27.8 Å². The first-order valence-corrected chi connectivity index (χ1v) is 5.29. The molecule has 0 unspecified atom stereocenters. The van der Waals surface area contributed by atoms with Gasteiger partial charge in [0.05, 0.1) is 22.5 Å². The van der Waals surface area contributed by atoms with Crippen LogP contribution in [0.2, 0.25) is 5.02 Å². The number of nitrogens with zero attached hydrogens (tertiary/aromatic N) is 1. The van der Waals surface area contributed by atoms with Gasteiger partial charge in [0.15, 0.2) is 0 Å². The van der Waals surface area contributed by atoms with Crippen molar-refractivity contribution in [3.63, 3.8) is 0 Å². The lowest BCUT2D eigenvalue weighted by Crippen LogP contribution is -2.36. The molecule has 0 spiro atoms. The first-order chi connectivity index (χ1) is 8.00. The molecule has 2 rings (SSSR count). The molecular weight excluding hydrogens is 244 g/mol. The van der Waals surface area contributed by atoms with Crippen molar-refractivity contribution in [2.75, 3.05) is 0 Å². The second-order valence-corrected chi connectivity index (χ2v) is 4.09. The Hall–Kier alpha value is -1.88. The monoisotopic (exact) mass is 252 g/mol. The molecule has 1 N–H and O–H groups in total. The van der Waals surface area contributed by atoms with Gasteiger partial charge in [0.2, 0.25) is 0 Å². The number of para-hydroxylation sites is 1. The van der Waals surface area contributed by atoms with E-state index < -0.39 is 11.2 Å². The van der Waals surface area contributed by atoms with Crippen molar-refractivity contribution in [2.24, 2.45) is 0 Å². The minimum absolute atomic E-state index is 0.239. The van der Waals surface area contributed by atoms with Crippen LogP contribution in [0.1, 0.15) is 6.92 Å². The van der Waals surface area contributed by atoms with E-state index >= 15 is 0 Å². The maximum absolute atomic E-state index is 12.0. The summed E-state index contributed by atoms with van der Waals surface area (Å²) in [6.07, 6.45) is 0. The highest BCUT2D eigenvalue weighted by Crippen LogP contribution is 2.16. The Morgan fingerprint density at radius 3 is 2.76 bits per heavy atom. The fourth-order valence-corrected chi connectivity index (χ4v) is 1.83. The van der Waals surface area contributed by atoms with Gasteiger partial charge in [0.25, 0.3) is 5.56 Å². The normalized spacial score (nSPS) is 10.7. The molecule has 17 heavy (non-hydrogen) atoms. The molecule has 0 aliphatic heterocycles. The summed E-state index contributed by atoms with van der Waals surface area (Å²) < 4.78 is 0.862. The Labute approximate surface area is 101 Å². The number of Topliss-reactive ketones (excluding diaryl/α,β-unsaturated/α-hetero) is 1. The third-order valence-electron chi connectivity index (χ3n) is 2.35. The maximum Gasteiger partial charge on any atom is 0.329 e. The van der Waals surface area contributed by atoms with Gasteiger partial charge in [-0.3, -0.25) is 14.2 Å². The average molecular weight is 253 g/mol. The number of aromatic amines is 1. The van der Waals surface area contributed by atoms with Crippen LogP contribution in [0.4, 0.5) is 0 Å². The highest BCUT2D eigenvalue weighted by Gasteiger charge is 2.10. The van der Waals surface area contributed by atoms with Crippen LogP contribution in [0.3, 0.4) is 0 Å². The Kier molecular flexibility index (Phi) is 2.85. The molecule has 0 aliphatic carbocycles. The van der Waals surface area contributed by atoms with E-state index in [1.165, 1.54) is 6.92 Å². The van der Waals surface area contributed by atoms with Gasteiger partial charge >= 0.3 is 5.69 Å². The van der Waals surface area contributed by atoms with Gasteiger partial charge in [-0.1, -0.05) is 17.7 Å². The molecule has 1 heterocycles. The minimum Gasteiger partial charge on any atom is -0.305 e. The van der Waals surface area contributed by atoms with Crippen molar-refractivity contribution in [1.29, 1.82) is 0 Å². The average Bonchev–Trinajstić information content (AvgIpc) is 2.26. The number of carbonyl (C=O) groups excluding carboxylic acids is 1. The smallest absolute Gasteiger partial charge is 0.305 e. The predicted octanol–water partition coefficient (Wildman–Crippen LogP) is 0.932. The molecule has 0 fully saturated rings. The maximum atomic E-state index is 12.0. The van der Waals surface area contributed by atoms with Crippen LogP contribution in [0.25, 0.3) is 10.9 Å². The molecule has 6 heteroatoms. The first kappa shape index (κ1) is 11.6. The molecule has 0 radical (unpaired) electrons. The van der Waals surface area contributed by atoms with Gasteiger partial charge in [-0.2, -0.15) is 0 Å². The van der Waals surface area contributed by atoms with Gasteiger partial charge in [-0.15, -0.1) is 0 Å². The fraction of sp³-hybridized carbons (Fsp3) is 0.182. The van der Waals surface area contributed by atoms with E-state index in [9.17, 15) is 14.4 Å². The van der Waals surface area contributed by atoms with E-state index in [0.29, 0.717) is 15.9 Å². The van der Waals surface area contributed by atoms with E-state index in [0.717, 1.165) is 4.57 Å². The first-order valence-electron chi connectivity index (χ1n) is 4.91. The predicted molar refractivity (Wildman–Crippen MR) is 64.5 cm³/mol. The lowest BCUT2D eigenvalue weighted by molar-refractivity contribution is -0.117. The summed E-state index contributed by atoms with van der Waals surface area (Å²) in [6, 6.07) is 4.74. The molecule has 2 aromatic rings.